The molecule has 0 fully saturated rings. The normalized spacial score (nSPS) is 13.8. The van der Waals surface area contributed by atoms with Crippen molar-refractivity contribution in [1.82, 2.24) is 0 Å². The molecule has 142 valence electrons. The molecule has 4 nitrogen and oxygen atoms in total. The maximum absolute atomic E-state index is 12.8. The summed E-state index contributed by atoms with van der Waals surface area (Å²) in [7, 11) is 0. The van der Waals surface area contributed by atoms with Crippen molar-refractivity contribution in [3.63, 3.8) is 0 Å². The summed E-state index contributed by atoms with van der Waals surface area (Å²) in [6, 6.07) is 5.75. The van der Waals surface area contributed by atoms with Gasteiger partial charge in [0.1, 0.15) is 11.4 Å². The molecule has 0 heterocycles. The van der Waals surface area contributed by atoms with E-state index in [0.29, 0.717) is 31.5 Å². The van der Waals surface area contributed by atoms with Gasteiger partial charge in [0.2, 0.25) is 0 Å². The van der Waals surface area contributed by atoms with Gasteiger partial charge in [-0.2, -0.15) is 0 Å². The first kappa shape index (κ1) is 21.5. The monoisotopic (exact) mass is 349 g/mol. The molecule has 0 aliphatic heterocycles. The van der Waals surface area contributed by atoms with E-state index in [1.165, 1.54) is 0 Å². The van der Waals surface area contributed by atoms with Crippen LogP contribution in [0.1, 0.15) is 59.9 Å². The Kier molecular flexibility index (Phi) is 8.43. The Hall–Kier alpha value is -1.55. The summed E-state index contributed by atoms with van der Waals surface area (Å²) in [5, 5.41) is 3.01. The molecule has 0 radical (unpaired) electrons. The summed E-state index contributed by atoms with van der Waals surface area (Å²) in [6.45, 7) is 15.6. The highest BCUT2D eigenvalue weighted by Crippen LogP contribution is 2.26. The van der Waals surface area contributed by atoms with Crippen LogP contribution >= 0.6 is 0 Å². The Morgan fingerprint density at radius 2 is 1.88 bits per heavy atom. The van der Waals surface area contributed by atoms with Gasteiger partial charge in [0, 0.05) is 12.3 Å². The molecular weight excluding hydrogens is 314 g/mol. The summed E-state index contributed by atoms with van der Waals surface area (Å²) in [6.07, 6.45) is 1.58. The van der Waals surface area contributed by atoms with Crippen molar-refractivity contribution in [2.24, 2.45) is 11.8 Å². The van der Waals surface area contributed by atoms with Crippen LogP contribution in [0.5, 0.6) is 5.75 Å². The number of ether oxygens (including phenoxy) is 2. The van der Waals surface area contributed by atoms with E-state index in [1.54, 1.807) is 0 Å². The zero-order valence-corrected chi connectivity index (χ0v) is 16.9. The Morgan fingerprint density at radius 3 is 2.40 bits per heavy atom. The van der Waals surface area contributed by atoms with Crippen LogP contribution in [0.4, 0.5) is 5.69 Å². The number of hydrogen-bond donors (Lipinski definition) is 1. The fourth-order valence-electron chi connectivity index (χ4n) is 2.73. The van der Waals surface area contributed by atoms with Gasteiger partial charge in [0.15, 0.2) is 0 Å². The van der Waals surface area contributed by atoms with Gasteiger partial charge in [-0.15, -0.1) is 0 Å². The molecule has 0 bridgehead atoms. The summed E-state index contributed by atoms with van der Waals surface area (Å²) in [5.74, 6) is 1.62. The molecule has 1 amide bonds. The molecule has 0 aliphatic rings. The smallest absolute Gasteiger partial charge is 0.256 e. The number of hydrogen-bond acceptors (Lipinski definition) is 3. The lowest BCUT2D eigenvalue weighted by atomic mass is 9.93. The molecule has 4 heteroatoms. The third-order valence-corrected chi connectivity index (χ3v) is 3.91. The number of rotatable bonds is 10. The summed E-state index contributed by atoms with van der Waals surface area (Å²) in [5.41, 5.74) is 0.971. The fourth-order valence-corrected chi connectivity index (χ4v) is 2.73. The summed E-state index contributed by atoms with van der Waals surface area (Å²) < 4.78 is 11.7. The number of aryl methyl sites for hydroxylation is 1. The van der Waals surface area contributed by atoms with Crippen molar-refractivity contribution in [1.29, 1.82) is 0 Å². The number of benzene rings is 1. The molecule has 1 aromatic rings. The van der Waals surface area contributed by atoms with Crippen molar-refractivity contribution in [2.45, 2.75) is 66.9 Å². The number of amides is 1. The van der Waals surface area contributed by atoms with Crippen LogP contribution in [0.3, 0.4) is 0 Å². The molecule has 0 saturated carbocycles. The highest BCUT2D eigenvalue weighted by atomic mass is 16.5. The van der Waals surface area contributed by atoms with Crippen LogP contribution in [0.25, 0.3) is 0 Å². The van der Waals surface area contributed by atoms with Crippen molar-refractivity contribution in [3.8, 4) is 5.75 Å². The molecule has 0 saturated heterocycles. The largest absolute Gasteiger partial charge is 0.493 e. The molecular formula is C21H35NO3. The third-order valence-electron chi connectivity index (χ3n) is 3.91. The quantitative estimate of drug-likeness (QED) is 0.631. The van der Waals surface area contributed by atoms with E-state index in [1.807, 2.05) is 39.0 Å². The number of nitrogens with one attached hydrogen (secondary N) is 1. The van der Waals surface area contributed by atoms with Gasteiger partial charge in [-0.25, -0.2) is 0 Å². The topological polar surface area (TPSA) is 47.6 Å². The van der Waals surface area contributed by atoms with Crippen molar-refractivity contribution < 1.29 is 14.3 Å². The second kappa shape index (κ2) is 9.81. The van der Waals surface area contributed by atoms with Crippen molar-refractivity contribution in [3.05, 3.63) is 23.8 Å². The second-order valence-electron chi connectivity index (χ2n) is 7.82. The minimum atomic E-state index is -0.815. The first-order valence-electron chi connectivity index (χ1n) is 9.36. The van der Waals surface area contributed by atoms with Crippen LogP contribution in [0.2, 0.25) is 0 Å². The average Bonchev–Trinajstić information content (AvgIpc) is 2.51. The first-order valence-corrected chi connectivity index (χ1v) is 9.36. The molecule has 1 rings (SSSR count). The van der Waals surface area contributed by atoms with Gasteiger partial charge in [0.05, 0.1) is 6.61 Å². The van der Waals surface area contributed by atoms with E-state index in [2.05, 4.69) is 33.0 Å². The molecule has 1 atom stereocenters. The van der Waals surface area contributed by atoms with Crippen LogP contribution in [0.15, 0.2) is 18.2 Å². The highest BCUT2D eigenvalue weighted by Gasteiger charge is 2.35. The zero-order chi connectivity index (χ0) is 19.0. The molecule has 1 aromatic carbocycles. The molecule has 1 unspecified atom stereocenters. The van der Waals surface area contributed by atoms with E-state index in [0.717, 1.165) is 23.4 Å². The van der Waals surface area contributed by atoms with Gasteiger partial charge in [-0.3, -0.25) is 4.79 Å². The average molecular weight is 350 g/mol. The van der Waals surface area contributed by atoms with E-state index in [4.69, 9.17) is 9.47 Å². The fraction of sp³-hybridized carbons (Fsp3) is 0.667. The lowest BCUT2D eigenvalue weighted by molar-refractivity contribution is -0.141. The lowest BCUT2D eigenvalue weighted by Crippen LogP contribution is -2.44. The van der Waals surface area contributed by atoms with Crippen LogP contribution in [0, 0.1) is 18.8 Å². The predicted molar refractivity (Wildman–Crippen MR) is 104 cm³/mol. The molecule has 1 N–H and O–H groups in total. The minimum Gasteiger partial charge on any atom is -0.493 e. The Bertz CT molecular complexity index is 554. The van der Waals surface area contributed by atoms with E-state index in [-0.39, 0.29) is 5.91 Å². The third kappa shape index (κ3) is 7.07. The Labute approximate surface area is 153 Å². The molecule has 0 aromatic heterocycles. The summed E-state index contributed by atoms with van der Waals surface area (Å²) in [4.78, 5) is 12.8. The van der Waals surface area contributed by atoms with Gasteiger partial charge in [-0.05, 0) is 62.3 Å². The Morgan fingerprint density at radius 1 is 1.20 bits per heavy atom. The van der Waals surface area contributed by atoms with Gasteiger partial charge in [-0.1, -0.05) is 34.6 Å². The van der Waals surface area contributed by atoms with Crippen molar-refractivity contribution in [2.75, 3.05) is 18.5 Å². The standard InChI is InChI=1S/C21H35NO3/c1-8-11-25-21(7,13-15(2)3)20(23)22-18-9-10-19(17(6)12-18)24-14-16(4)5/h9-10,12,15-16H,8,11,13-14H2,1-7H3,(H,22,23). The van der Waals surface area contributed by atoms with E-state index >= 15 is 0 Å². The number of anilines is 1. The SMILES string of the molecule is CCCOC(C)(CC(C)C)C(=O)Nc1ccc(OCC(C)C)c(C)c1. The number of carbonyl (C=O) groups excluding carboxylic acids is 1. The molecule has 25 heavy (non-hydrogen) atoms. The lowest BCUT2D eigenvalue weighted by Gasteiger charge is -2.30. The van der Waals surface area contributed by atoms with Gasteiger partial charge >= 0.3 is 0 Å². The molecule has 0 aliphatic carbocycles. The zero-order valence-electron chi connectivity index (χ0n) is 16.9. The van der Waals surface area contributed by atoms with Crippen LogP contribution in [-0.2, 0) is 9.53 Å². The Balaban J connectivity index is 2.84. The van der Waals surface area contributed by atoms with Gasteiger partial charge in [0.25, 0.3) is 5.91 Å². The van der Waals surface area contributed by atoms with Gasteiger partial charge < -0.3 is 14.8 Å². The minimum absolute atomic E-state index is 0.0927. The van der Waals surface area contributed by atoms with Crippen LogP contribution < -0.4 is 10.1 Å². The van der Waals surface area contributed by atoms with E-state index in [9.17, 15) is 4.79 Å². The van der Waals surface area contributed by atoms with Crippen LogP contribution in [-0.4, -0.2) is 24.7 Å². The highest BCUT2D eigenvalue weighted by molar-refractivity contribution is 5.97. The van der Waals surface area contributed by atoms with E-state index < -0.39 is 5.60 Å². The maximum Gasteiger partial charge on any atom is 0.256 e. The predicted octanol–water partition coefficient (Wildman–Crippen LogP) is 5.20. The maximum atomic E-state index is 12.8. The first-order chi connectivity index (χ1) is 11.7. The molecule has 0 spiro atoms. The second-order valence-corrected chi connectivity index (χ2v) is 7.82. The number of carbonyl (C=O) groups is 1. The van der Waals surface area contributed by atoms with Crippen molar-refractivity contribution >= 4 is 11.6 Å². The summed E-state index contributed by atoms with van der Waals surface area (Å²) >= 11 is 0.